The van der Waals surface area contributed by atoms with Crippen LogP contribution in [0, 0.1) is 6.92 Å². The van der Waals surface area contributed by atoms with Crippen molar-refractivity contribution in [3.63, 3.8) is 0 Å². The van der Waals surface area contributed by atoms with E-state index in [4.69, 9.17) is 0 Å². The quantitative estimate of drug-likeness (QED) is 0.897. The van der Waals surface area contributed by atoms with E-state index in [1.807, 2.05) is 50.6 Å². The number of aryl methyl sites for hydroxylation is 2. The van der Waals surface area contributed by atoms with Crippen LogP contribution in [0.4, 0.5) is 11.9 Å². The summed E-state index contributed by atoms with van der Waals surface area (Å²) in [7, 11) is 5.73. The Morgan fingerprint density at radius 2 is 2.05 bits per heavy atom. The molecule has 0 bridgehead atoms. The molecule has 0 spiro atoms. The van der Waals surface area contributed by atoms with Crippen molar-refractivity contribution in [2.75, 3.05) is 30.9 Å². The highest BCUT2D eigenvalue weighted by molar-refractivity contribution is 7.99. The average Bonchev–Trinajstić information content (AvgIpc) is 2.68. The highest BCUT2D eigenvalue weighted by atomic mass is 32.2. The summed E-state index contributed by atoms with van der Waals surface area (Å²) < 4.78 is 1.83. The summed E-state index contributed by atoms with van der Waals surface area (Å²) in [5.41, 5.74) is 0.976. The molecule has 2 aromatic rings. The normalized spacial score (nSPS) is 10.7. The first-order valence-electron chi connectivity index (χ1n) is 6.35. The molecule has 0 atom stereocenters. The molecular weight excluding hydrogens is 274 g/mol. The van der Waals surface area contributed by atoms with Gasteiger partial charge in [-0.15, -0.1) is 0 Å². The monoisotopic (exact) mass is 293 g/mol. The first-order valence-corrected chi connectivity index (χ1v) is 7.17. The Kier molecular flexibility index (Phi) is 4.43. The predicted octanol–water partition coefficient (Wildman–Crippen LogP) is 1.56. The number of aromatic nitrogens is 5. The zero-order valence-electron chi connectivity index (χ0n) is 12.4. The van der Waals surface area contributed by atoms with E-state index >= 15 is 0 Å². The summed E-state index contributed by atoms with van der Waals surface area (Å²) in [6.45, 7) is 4.75. The molecule has 8 heteroatoms. The van der Waals surface area contributed by atoms with Gasteiger partial charge in [0.25, 0.3) is 0 Å². The number of rotatable bonds is 5. The van der Waals surface area contributed by atoms with Crippen LogP contribution in [0.25, 0.3) is 0 Å². The summed E-state index contributed by atoms with van der Waals surface area (Å²) in [5.74, 6) is 1.23. The van der Waals surface area contributed by atoms with Crippen LogP contribution in [0.15, 0.2) is 16.2 Å². The van der Waals surface area contributed by atoms with Crippen molar-refractivity contribution in [2.24, 2.45) is 7.05 Å². The van der Waals surface area contributed by atoms with Gasteiger partial charge in [0.1, 0.15) is 5.03 Å². The fourth-order valence-electron chi connectivity index (χ4n) is 1.60. The lowest BCUT2D eigenvalue weighted by molar-refractivity contribution is 0.690. The molecule has 1 N–H and O–H groups in total. The van der Waals surface area contributed by atoms with E-state index in [0.717, 1.165) is 17.3 Å². The van der Waals surface area contributed by atoms with Gasteiger partial charge in [-0.05, 0) is 31.7 Å². The lowest BCUT2D eigenvalue weighted by atomic mass is 10.5. The molecule has 0 amide bonds. The van der Waals surface area contributed by atoms with E-state index in [0.29, 0.717) is 17.1 Å². The number of nitrogens with one attached hydrogen (secondary N) is 1. The van der Waals surface area contributed by atoms with E-state index in [2.05, 4.69) is 25.4 Å². The van der Waals surface area contributed by atoms with Crippen LogP contribution in [0.3, 0.4) is 0 Å². The van der Waals surface area contributed by atoms with Gasteiger partial charge < -0.3 is 10.2 Å². The van der Waals surface area contributed by atoms with E-state index < -0.39 is 0 Å². The summed E-state index contributed by atoms with van der Waals surface area (Å²) in [6, 6.07) is 2.01. The number of nitrogens with zero attached hydrogens (tertiary/aromatic N) is 6. The maximum Gasteiger partial charge on any atom is 0.230 e. The molecule has 2 heterocycles. The zero-order valence-corrected chi connectivity index (χ0v) is 13.2. The minimum Gasteiger partial charge on any atom is -0.354 e. The SMILES string of the molecule is CCNc1nc(Sc2cc(C)nn2C)nc(N(C)C)n1. The van der Waals surface area contributed by atoms with Crippen LogP contribution < -0.4 is 10.2 Å². The zero-order chi connectivity index (χ0) is 14.7. The molecule has 0 radical (unpaired) electrons. The maximum atomic E-state index is 4.45. The number of anilines is 2. The van der Waals surface area contributed by atoms with Gasteiger partial charge in [-0.2, -0.15) is 20.1 Å². The van der Waals surface area contributed by atoms with Crippen LogP contribution in [0.5, 0.6) is 0 Å². The Hall–Kier alpha value is -1.83. The lowest BCUT2D eigenvalue weighted by Gasteiger charge is -2.12. The van der Waals surface area contributed by atoms with Gasteiger partial charge in [-0.25, -0.2) is 0 Å². The smallest absolute Gasteiger partial charge is 0.230 e. The molecule has 108 valence electrons. The van der Waals surface area contributed by atoms with Crippen LogP contribution in [0.2, 0.25) is 0 Å². The molecule has 7 nitrogen and oxygen atoms in total. The third kappa shape index (κ3) is 3.38. The van der Waals surface area contributed by atoms with E-state index in [1.165, 1.54) is 11.8 Å². The van der Waals surface area contributed by atoms with Crippen molar-refractivity contribution >= 4 is 23.7 Å². The molecule has 0 fully saturated rings. The summed E-state index contributed by atoms with van der Waals surface area (Å²) in [4.78, 5) is 15.1. The Morgan fingerprint density at radius 1 is 1.30 bits per heavy atom. The molecule has 20 heavy (non-hydrogen) atoms. The minimum atomic E-state index is 0.590. The van der Waals surface area contributed by atoms with E-state index in [9.17, 15) is 0 Å². The summed E-state index contributed by atoms with van der Waals surface area (Å²) in [6.07, 6.45) is 0. The second-order valence-corrected chi connectivity index (χ2v) is 5.50. The maximum absolute atomic E-state index is 4.45. The predicted molar refractivity (Wildman–Crippen MR) is 80.4 cm³/mol. The van der Waals surface area contributed by atoms with Crippen LogP contribution >= 0.6 is 11.8 Å². The Morgan fingerprint density at radius 3 is 2.60 bits per heavy atom. The van der Waals surface area contributed by atoms with Crippen molar-refractivity contribution in [2.45, 2.75) is 24.0 Å². The molecular formula is C12H19N7S. The topological polar surface area (TPSA) is 71.8 Å². The molecule has 0 saturated heterocycles. The first-order chi connectivity index (χ1) is 9.49. The van der Waals surface area contributed by atoms with Crippen molar-refractivity contribution in [1.29, 1.82) is 0 Å². The van der Waals surface area contributed by atoms with E-state index in [1.54, 1.807) is 0 Å². The fraction of sp³-hybridized carbons (Fsp3) is 0.500. The third-order valence-electron chi connectivity index (χ3n) is 2.49. The molecule has 0 aromatic carbocycles. The van der Waals surface area contributed by atoms with Crippen LogP contribution in [-0.4, -0.2) is 45.4 Å². The molecule has 0 aliphatic carbocycles. The Balaban J connectivity index is 2.32. The molecule has 0 saturated carbocycles. The van der Waals surface area contributed by atoms with Gasteiger partial charge in [-0.3, -0.25) is 4.68 Å². The number of hydrogen-bond acceptors (Lipinski definition) is 7. The van der Waals surface area contributed by atoms with Crippen LogP contribution in [-0.2, 0) is 7.05 Å². The molecule has 2 rings (SSSR count). The standard InChI is InChI=1S/C12H19N7S/c1-6-13-10-14-11(18(3)4)16-12(15-10)20-9-7-8(2)17-19(9)5/h7H,6H2,1-5H3,(H,13,14,15,16). The van der Waals surface area contributed by atoms with Crippen molar-refractivity contribution < 1.29 is 0 Å². The third-order valence-corrected chi connectivity index (χ3v) is 3.45. The first kappa shape index (κ1) is 14.6. The Labute approximate surface area is 122 Å². The number of hydrogen-bond donors (Lipinski definition) is 1. The molecule has 0 aliphatic heterocycles. The van der Waals surface area contributed by atoms with Crippen LogP contribution in [0.1, 0.15) is 12.6 Å². The van der Waals surface area contributed by atoms with E-state index in [-0.39, 0.29) is 0 Å². The Bertz CT molecular complexity index is 593. The second-order valence-electron chi connectivity index (χ2n) is 4.52. The highest BCUT2D eigenvalue weighted by Gasteiger charge is 2.11. The largest absolute Gasteiger partial charge is 0.354 e. The lowest BCUT2D eigenvalue weighted by Crippen LogP contribution is -2.15. The van der Waals surface area contributed by atoms with Gasteiger partial charge in [0.15, 0.2) is 0 Å². The molecule has 0 unspecified atom stereocenters. The molecule has 0 aliphatic rings. The van der Waals surface area contributed by atoms with Crippen molar-refractivity contribution in [3.8, 4) is 0 Å². The fourth-order valence-corrected chi connectivity index (χ4v) is 2.45. The summed E-state index contributed by atoms with van der Waals surface area (Å²) >= 11 is 1.48. The van der Waals surface area contributed by atoms with Crippen molar-refractivity contribution in [3.05, 3.63) is 11.8 Å². The second kappa shape index (κ2) is 6.08. The minimum absolute atomic E-state index is 0.590. The van der Waals surface area contributed by atoms with Gasteiger partial charge in [0.2, 0.25) is 17.1 Å². The van der Waals surface area contributed by atoms with Crippen molar-refractivity contribution in [1.82, 2.24) is 24.7 Å². The van der Waals surface area contributed by atoms with Gasteiger partial charge in [0.05, 0.1) is 5.69 Å². The molecule has 2 aromatic heterocycles. The van der Waals surface area contributed by atoms with Gasteiger partial charge in [-0.1, -0.05) is 0 Å². The van der Waals surface area contributed by atoms with Gasteiger partial charge in [0, 0.05) is 27.7 Å². The summed E-state index contributed by atoms with van der Waals surface area (Å²) in [5, 5.41) is 9.10. The average molecular weight is 293 g/mol. The van der Waals surface area contributed by atoms with Gasteiger partial charge >= 0.3 is 0 Å². The highest BCUT2D eigenvalue weighted by Crippen LogP contribution is 2.26.